The molecule has 0 spiro atoms. The summed E-state index contributed by atoms with van der Waals surface area (Å²) in [6, 6.07) is 6.33. The van der Waals surface area contributed by atoms with Crippen LogP contribution in [0.4, 0.5) is 0 Å². The normalized spacial score (nSPS) is 12.2. The van der Waals surface area contributed by atoms with Gasteiger partial charge in [-0.3, -0.25) is 14.5 Å². The van der Waals surface area contributed by atoms with Gasteiger partial charge in [-0.1, -0.05) is 23.8 Å². The summed E-state index contributed by atoms with van der Waals surface area (Å²) in [4.78, 5) is 23.9. The van der Waals surface area contributed by atoms with Crippen molar-refractivity contribution in [2.45, 2.75) is 26.8 Å². The molecule has 1 aromatic rings. The van der Waals surface area contributed by atoms with E-state index in [1.165, 1.54) is 16.7 Å². The molecule has 1 rings (SSSR count). The molecule has 0 saturated carbocycles. The Balaban J connectivity index is 2.64. The molecule has 2 N–H and O–H groups in total. The zero-order valence-corrected chi connectivity index (χ0v) is 12.4. The van der Waals surface area contributed by atoms with Crippen LogP contribution in [0, 0.1) is 13.8 Å². The Morgan fingerprint density at radius 3 is 2.55 bits per heavy atom. The van der Waals surface area contributed by atoms with Crippen molar-refractivity contribution in [2.75, 3.05) is 20.1 Å². The summed E-state index contributed by atoms with van der Waals surface area (Å²) in [5.74, 6) is -1.32. The van der Waals surface area contributed by atoms with E-state index in [4.69, 9.17) is 5.11 Å². The molecular formula is C15H22N2O3. The first-order chi connectivity index (χ1) is 9.31. The molecule has 0 aliphatic heterocycles. The summed E-state index contributed by atoms with van der Waals surface area (Å²) in [5.41, 5.74) is 3.57. The number of aliphatic carboxylic acids is 1. The van der Waals surface area contributed by atoms with Gasteiger partial charge in [-0.05, 0) is 38.9 Å². The molecule has 0 radical (unpaired) electrons. The fraction of sp³-hybridized carbons (Fsp3) is 0.467. The number of nitrogens with one attached hydrogen (secondary N) is 1. The maximum absolute atomic E-state index is 11.6. The summed E-state index contributed by atoms with van der Waals surface area (Å²) in [6.45, 7) is 5.95. The van der Waals surface area contributed by atoms with Crippen molar-refractivity contribution >= 4 is 11.9 Å². The fourth-order valence-electron chi connectivity index (χ4n) is 2.13. The van der Waals surface area contributed by atoms with Gasteiger partial charge in [0.15, 0.2) is 0 Å². The Morgan fingerprint density at radius 1 is 1.35 bits per heavy atom. The minimum atomic E-state index is -1.04. The summed E-state index contributed by atoms with van der Waals surface area (Å²) in [5, 5.41) is 10.9. The second-order valence-electron chi connectivity index (χ2n) is 5.12. The molecule has 20 heavy (non-hydrogen) atoms. The molecule has 1 amide bonds. The van der Waals surface area contributed by atoms with Crippen LogP contribution in [-0.4, -0.2) is 42.0 Å². The molecule has 0 heterocycles. The fourth-order valence-corrected chi connectivity index (χ4v) is 2.13. The Kier molecular flexibility index (Phi) is 5.70. The van der Waals surface area contributed by atoms with E-state index in [0.29, 0.717) is 0 Å². The third-order valence-electron chi connectivity index (χ3n) is 3.37. The van der Waals surface area contributed by atoms with Gasteiger partial charge < -0.3 is 10.4 Å². The monoisotopic (exact) mass is 278 g/mol. The lowest BCUT2D eigenvalue weighted by Crippen LogP contribution is -2.38. The molecular weight excluding hydrogens is 256 g/mol. The average Bonchev–Trinajstić information content (AvgIpc) is 2.35. The number of carboxylic acids is 1. The minimum Gasteiger partial charge on any atom is -0.480 e. The number of hydrogen-bond donors (Lipinski definition) is 2. The molecule has 0 fully saturated rings. The Hall–Kier alpha value is -1.88. The lowest BCUT2D eigenvalue weighted by atomic mass is 9.99. The van der Waals surface area contributed by atoms with Crippen LogP contribution in [0.1, 0.15) is 29.7 Å². The van der Waals surface area contributed by atoms with Gasteiger partial charge >= 0.3 is 5.97 Å². The van der Waals surface area contributed by atoms with E-state index in [-0.39, 0.29) is 25.0 Å². The Labute approximate surface area is 119 Å². The van der Waals surface area contributed by atoms with E-state index in [1.807, 2.05) is 25.8 Å². The number of carboxylic acid groups (broad SMARTS) is 1. The number of rotatable bonds is 6. The van der Waals surface area contributed by atoms with Gasteiger partial charge in [0.05, 0.1) is 6.54 Å². The number of carbonyl (C=O) groups is 2. The van der Waals surface area contributed by atoms with E-state index in [2.05, 4.69) is 30.4 Å². The molecule has 1 atom stereocenters. The Morgan fingerprint density at radius 2 is 2.00 bits per heavy atom. The van der Waals surface area contributed by atoms with Crippen molar-refractivity contribution < 1.29 is 14.7 Å². The van der Waals surface area contributed by atoms with Gasteiger partial charge in [-0.15, -0.1) is 0 Å². The van der Waals surface area contributed by atoms with E-state index in [9.17, 15) is 9.59 Å². The minimum absolute atomic E-state index is 0.0891. The van der Waals surface area contributed by atoms with Crippen LogP contribution in [0.15, 0.2) is 18.2 Å². The van der Waals surface area contributed by atoms with E-state index in [0.717, 1.165) is 0 Å². The molecule has 1 unspecified atom stereocenters. The molecule has 1 aromatic carbocycles. The topological polar surface area (TPSA) is 69.6 Å². The molecule has 0 aliphatic carbocycles. The van der Waals surface area contributed by atoms with Gasteiger partial charge in [-0.25, -0.2) is 0 Å². The number of aryl methyl sites for hydroxylation is 2. The van der Waals surface area contributed by atoms with E-state index in [1.54, 1.807) is 0 Å². The molecule has 5 nitrogen and oxygen atoms in total. The maximum atomic E-state index is 11.6. The highest BCUT2D eigenvalue weighted by Crippen LogP contribution is 2.22. The zero-order chi connectivity index (χ0) is 15.3. The first kappa shape index (κ1) is 16.2. The van der Waals surface area contributed by atoms with Gasteiger partial charge in [0, 0.05) is 6.04 Å². The summed E-state index contributed by atoms with van der Waals surface area (Å²) in [6.07, 6.45) is 0. The second kappa shape index (κ2) is 7.05. The highest BCUT2D eigenvalue weighted by molar-refractivity contribution is 5.82. The standard InChI is InChI=1S/C15H22N2O3/c1-10-5-6-13(11(2)7-10)12(3)17(4)9-14(18)16-8-15(19)20/h5-7,12H,8-9H2,1-4H3,(H,16,18)(H,19,20). The van der Waals surface area contributed by atoms with Crippen LogP contribution in [0.5, 0.6) is 0 Å². The van der Waals surface area contributed by atoms with Gasteiger partial charge in [0.1, 0.15) is 6.54 Å². The molecule has 5 heteroatoms. The largest absolute Gasteiger partial charge is 0.480 e. The van der Waals surface area contributed by atoms with Crippen molar-refractivity contribution in [1.82, 2.24) is 10.2 Å². The molecule has 0 aliphatic rings. The first-order valence-electron chi connectivity index (χ1n) is 6.57. The second-order valence-corrected chi connectivity index (χ2v) is 5.12. The van der Waals surface area contributed by atoms with Crippen LogP contribution < -0.4 is 5.32 Å². The van der Waals surface area contributed by atoms with Crippen LogP contribution >= 0.6 is 0 Å². The number of amides is 1. The maximum Gasteiger partial charge on any atom is 0.322 e. The number of benzene rings is 1. The highest BCUT2D eigenvalue weighted by Gasteiger charge is 2.16. The summed E-state index contributed by atoms with van der Waals surface area (Å²) in [7, 11) is 1.85. The van der Waals surface area contributed by atoms with Crippen LogP contribution in [0.3, 0.4) is 0 Å². The number of carbonyl (C=O) groups excluding carboxylic acids is 1. The van der Waals surface area contributed by atoms with E-state index < -0.39 is 5.97 Å². The third kappa shape index (κ3) is 4.66. The number of nitrogens with zero attached hydrogens (tertiary/aromatic N) is 1. The molecule has 110 valence electrons. The number of hydrogen-bond acceptors (Lipinski definition) is 3. The lowest BCUT2D eigenvalue weighted by Gasteiger charge is -2.26. The van der Waals surface area contributed by atoms with Crippen LogP contribution in [0.25, 0.3) is 0 Å². The van der Waals surface area contributed by atoms with Crippen molar-refractivity contribution in [3.05, 3.63) is 34.9 Å². The van der Waals surface area contributed by atoms with Gasteiger partial charge in [0.25, 0.3) is 0 Å². The van der Waals surface area contributed by atoms with Crippen molar-refractivity contribution in [1.29, 1.82) is 0 Å². The lowest BCUT2D eigenvalue weighted by molar-refractivity contribution is -0.138. The SMILES string of the molecule is Cc1ccc(C(C)N(C)CC(=O)NCC(=O)O)c(C)c1. The summed E-state index contributed by atoms with van der Waals surface area (Å²) < 4.78 is 0. The van der Waals surface area contributed by atoms with Crippen molar-refractivity contribution in [2.24, 2.45) is 0 Å². The molecule has 0 bridgehead atoms. The summed E-state index contributed by atoms with van der Waals surface area (Å²) >= 11 is 0. The third-order valence-corrected chi connectivity index (χ3v) is 3.37. The van der Waals surface area contributed by atoms with Gasteiger partial charge in [0.2, 0.25) is 5.91 Å². The average molecular weight is 278 g/mol. The zero-order valence-electron chi connectivity index (χ0n) is 12.4. The molecule has 0 aromatic heterocycles. The highest BCUT2D eigenvalue weighted by atomic mass is 16.4. The predicted molar refractivity (Wildman–Crippen MR) is 77.6 cm³/mol. The van der Waals surface area contributed by atoms with Crippen LogP contribution in [-0.2, 0) is 9.59 Å². The first-order valence-corrected chi connectivity index (χ1v) is 6.57. The number of likely N-dealkylation sites (N-methyl/N-ethyl adjacent to an activating group) is 1. The van der Waals surface area contributed by atoms with Crippen LogP contribution in [0.2, 0.25) is 0 Å². The Bertz CT molecular complexity index is 500. The van der Waals surface area contributed by atoms with Gasteiger partial charge in [-0.2, -0.15) is 0 Å². The van der Waals surface area contributed by atoms with Crippen molar-refractivity contribution in [3.8, 4) is 0 Å². The predicted octanol–water partition coefficient (Wildman–Crippen LogP) is 1.50. The van der Waals surface area contributed by atoms with E-state index >= 15 is 0 Å². The quantitative estimate of drug-likeness (QED) is 0.827. The molecule has 0 saturated heterocycles. The van der Waals surface area contributed by atoms with Crippen molar-refractivity contribution in [3.63, 3.8) is 0 Å². The smallest absolute Gasteiger partial charge is 0.322 e.